The molecule has 1 aliphatic rings. The van der Waals surface area contributed by atoms with Crippen molar-refractivity contribution in [2.45, 2.75) is 52.6 Å². The van der Waals surface area contributed by atoms with Crippen molar-refractivity contribution in [1.29, 1.82) is 0 Å². The molecule has 112 valence electrons. The number of hydrogen-bond donors (Lipinski definition) is 1. The highest BCUT2D eigenvalue weighted by molar-refractivity contribution is 5.50. The molecule has 3 heteroatoms. The van der Waals surface area contributed by atoms with E-state index in [-0.39, 0.29) is 5.82 Å². The first-order chi connectivity index (χ1) is 9.60. The van der Waals surface area contributed by atoms with E-state index < -0.39 is 0 Å². The molecular formula is C17H27FN2. The number of rotatable bonds is 5. The zero-order valence-corrected chi connectivity index (χ0v) is 13.0. The first-order valence-electron chi connectivity index (χ1n) is 7.87. The van der Waals surface area contributed by atoms with Crippen molar-refractivity contribution in [3.8, 4) is 0 Å². The van der Waals surface area contributed by atoms with Crippen LogP contribution in [-0.4, -0.2) is 19.1 Å². The molecule has 1 N–H and O–H groups in total. The molecule has 1 heterocycles. The molecule has 0 saturated carbocycles. The van der Waals surface area contributed by atoms with E-state index in [0.29, 0.717) is 6.04 Å². The molecule has 1 saturated heterocycles. The van der Waals surface area contributed by atoms with Crippen LogP contribution in [-0.2, 0) is 6.54 Å². The molecule has 0 amide bonds. The van der Waals surface area contributed by atoms with Gasteiger partial charge < -0.3 is 10.2 Å². The van der Waals surface area contributed by atoms with Crippen molar-refractivity contribution in [2.24, 2.45) is 5.92 Å². The van der Waals surface area contributed by atoms with Gasteiger partial charge in [-0.25, -0.2) is 4.39 Å². The molecule has 2 unspecified atom stereocenters. The van der Waals surface area contributed by atoms with Crippen LogP contribution in [0.3, 0.4) is 0 Å². The zero-order chi connectivity index (χ0) is 14.5. The maximum absolute atomic E-state index is 13.8. The Morgan fingerprint density at radius 1 is 1.30 bits per heavy atom. The molecule has 1 aromatic rings. The van der Waals surface area contributed by atoms with Crippen molar-refractivity contribution in [3.63, 3.8) is 0 Å². The second kappa shape index (κ2) is 7.07. The van der Waals surface area contributed by atoms with E-state index in [9.17, 15) is 4.39 Å². The summed E-state index contributed by atoms with van der Waals surface area (Å²) in [5.74, 6) is 0.655. The van der Waals surface area contributed by atoms with Gasteiger partial charge in [0, 0.05) is 24.8 Å². The van der Waals surface area contributed by atoms with Crippen LogP contribution in [0.2, 0.25) is 0 Å². The van der Waals surface area contributed by atoms with Crippen LogP contribution < -0.4 is 10.2 Å². The number of nitrogens with one attached hydrogen (secondary N) is 1. The van der Waals surface area contributed by atoms with Gasteiger partial charge in [0.15, 0.2) is 0 Å². The summed E-state index contributed by atoms with van der Waals surface area (Å²) >= 11 is 0. The maximum atomic E-state index is 13.8. The van der Waals surface area contributed by atoms with Gasteiger partial charge in [-0.2, -0.15) is 0 Å². The highest BCUT2D eigenvalue weighted by Crippen LogP contribution is 2.29. The third-order valence-electron chi connectivity index (χ3n) is 4.17. The number of nitrogens with zero attached hydrogens (tertiary/aromatic N) is 1. The van der Waals surface area contributed by atoms with Crippen LogP contribution in [0.25, 0.3) is 0 Å². The number of hydrogen-bond acceptors (Lipinski definition) is 2. The summed E-state index contributed by atoms with van der Waals surface area (Å²) in [6.07, 6.45) is 3.49. The SMILES string of the molecule is CCCNCc1cc(F)cc(N2CCC(C)CC2C)c1. The van der Waals surface area contributed by atoms with E-state index >= 15 is 0 Å². The summed E-state index contributed by atoms with van der Waals surface area (Å²) < 4.78 is 13.8. The van der Waals surface area contributed by atoms with Gasteiger partial charge in [-0.1, -0.05) is 13.8 Å². The van der Waals surface area contributed by atoms with Gasteiger partial charge in [0.05, 0.1) is 0 Å². The van der Waals surface area contributed by atoms with E-state index in [1.807, 2.05) is 0 Å². The van der Waals surface area contributed by atoms with E-state index in [1.165, 1.54) is 12.8 Å². The first kappa shape index (κ1) is 15.3. The minimum Gasteiger partial charge on any atom is -0.369 e. The minimum absolute atomic E-state index is 0.123. The van der Waals surface area contributed by atoms with E-state index in [1.54, 1.807) is 12.1 Å². The van der Waals surface area contributed by atoms with Crippen LogP contribution in [0.4, 0.5) is 10.1 Å². The lowest BCUT2D eigenvalue weighted by Crippen LogP contribution is -2.40. The van der Waals surface area contributed by atoms with Gasteiger partial charge in [-0.3, -0.25) is 0 Å². The molecule has 1 aromatic carbocycles. The average Bonchev–Trinajstić information content (AvgIpc) is 2.38. The van der Waals surface area contributed by atoms with Crippen molar-refractivity contribution < 1.29 is 4.39 Å². The Morgan fingerprint density at radius 2 is 2.10 bits per heavy atom. The Balaban J connectivity index is 2.10. The van der Waals surface area contributed by atoms with Crippen molar-refractivity contribution in [1.82, 2.24) is 5.32 Å². The largest absolute Gasteiger partial charge is 0.369 e. The Morgan fingerprint density at radius 3 is 2.80 bits per heavy atom. The van der Waals surface area contributed by atoms with Crippen molar-refractivity contribution in [2.75, 3.05) is 18.0 Å². The van der Waals surface area contributed by atoms with Crippen LogP contribution in [0.1, 0.15) is 45.6 Å². The van der Waals surface area contributed by atoms with Gasteiger partial charge in [-0.15, -0.1) is 0 Å². The minimum atomic E-state index is -0.123. The number of benzene rings is 1. The molecule has 2 rings (SSSR count). The molecule has 1 fully saturated rings. The van der Waals surface area contributed by atoms with E-state index in [0.717, 1.165) is 43.2 Å². The van der Waals surface area contributed by atoms with Crippen molar-refractivity contribution in [3.05, 3.63) is 29.6 Å². The second-order valence-electron chi connectivity index (χ2n) is 6.17. The van der Waals surface area contributed by atoms with Gasteiger partial charge >= 0.3 is 0 Å². The fourth-order valence-corrected chi connectivity index (χ4v) is 3.10. The molecule has 2 atom stereocenters. The lowest BCUT2D eigenvalue weighted by molar-refractivity contribution is 0.377. The van der Waals surface area contributed by atoms with Crippen LogP contribution in [0, 0.1) is 11.7 Å². The van der Waals surface area contributed by atoms with E-state index in [2.05, 4.69) is 37.1 Å². The fraction of sp³-hybridized carbons (Fsp3) is 0.647. The van der Waals surface area contributed by atoms with E-state index in [4.69, 9.17) is 0 Å². The molecule has 1 aliphatic heterocycles. The number of halogens is 1. The second-order valence-corrected chi connectivity index (χ2v) is 6.17. The van der Waals surface area contributed by atoms with Gasteiger partial charge in [-0.05, 0) is 62.4 Å². The molecule has 0 spiro atoms. The van der Waals surface area contributed by atoms with Gasteiger partial charge in [0.1, 0.15) is 5.82 Å². The standard InChI is InChI=1S/C17H27FN2/c1-4-6-19-12-15-9-16(18)11-17(10-15)20-7-5-13(2)8-14(20)3/h9-11,13-14,19H,4-8,12H2,1-3H3. The molecule has 0 aromatic heterocycles. The Bertz CT molecular complexity index is 433. The Kier molecular flexibility index (Phi) is 5.41. The van der Waals surface area contributed by atoms with Gasteiger partial charge in [0.25, 0.3) is 0 Å². The van der Waals surface area contributed by atoms with Gasteiger partial charge in [0.2, 0.25) is 0 Å². The normalized spacial score (nSPS) is 23.1. The van der Waals surface area contributed by atoms with Crippen LogP contribution in [0.5, 0.6) is 0 Å². The summed E-state index contributed by atoms with van der Waals surface area (Å²) in [6, 6.07) is 5.95. The van der Waals surface area contributed by atoms with Crippen molar-refractivity contribution >= 4 is 5.69 Å². The predicted molar refractivity (Wildman–Crippen MR) is 83.6 cm³/mol. The Labute approximate surface area is 122 Å². The lowest BCUT2D eigenvalue weighted by Gasteiger charge is -2.38. The maximum Gasteiger partial charge on any atom is 0.125 e. The molecule has 2 nitrogen and oxygen atoms in total. The van der Waals surface area contributed by atoms with Crippen LogP contribution in [0.15, 0.2) is 18.2 Å². The summed E-state index contributed by atoms with van der Waals surface area (Å²) in [5.41, 5.74) is 2.08. The summed E-state index contributed by atoms with van der Waals surface area (Å²) in [5, 5.41) is 3.34. The monoisotopic (exact) mass is 278 g/mol. The summed E-state index contributed by atoms with van der Waals surface area (Å²) in [6.45, 7) is 9.45. The molecule has 0 radical (unpaired) electrons. The number of piperidine rings is 1. The highest BCUT2D eigenvalue weighted by atomic mass is 19.1. The topological polar surface area (TPSA) is 15.3 Å². The fourth-order valence-electron chi connectivity index (χ4n) is 3.10. The first-order valence-corrected chi connectivity index (χ1v) is 7.87. The Hall–Kier alpha value is -1.09. The number of anilines is 1. The summed E-state index contributed by atoms with van der Waals surface area (Å²) in [7, 11) is 0. The average molecular weight is 278 g/mol. The highest BCUT2D eigenvalue weighted by Gasteiger charge is 2.23. The molecule has 20 heavy (non-hydrogen) atoms. The smallest absolute Gasteiger partial charge is 0.125 e. The lowest BCUT2D eigenvalue weighted by atomic mass is 9.93. The zero-order valence-electron chi connectivity index (χ0n) is 13.0. The third-order valence-corrected chi connectivity index (χ3v) is 4.17. The molecule has 0 aliphatic carbocycles. The summed E-state index contributed by atoms with van der Waals surface area (Å²) in [4.78, 5) is 2.35. The third kappa shape index (κ3) is 3.95. The molecular weight excluding hydrogens is 251 g/mol. The molecule has 0 bridgehead atoms. The quantitative estimate of drug-likeness (QED) is 0.820. The predicted octanol–water partition coefficient (Wildman–Crippen LogP) is 3.95. The van der Waals surface area contributed by atoms with Crippen LogP contribution >= 0.6 is 0 Å².